The molecule has 0 radical (unpaired) electrons. The second-order valence-corrected chi connectivity index (χ2v) is 6.10. The molecule has 7 heteroatoms. The fraction of sp³-hybridized carbons (Fsp3) is 0.529. The van der Waals surface area contributed by atoms with Crippen LogP contribution in [0.15, 0.2) is 23.2 Å². The van der Waals surface area contributed by atoms with E-state index in [1.807, 2.05) is 13.8 Å². The third-order valence-electron chi connectivity index (χ3n) is 3.53. The maximum Gasteiger partial charge on any atom is 0.417 e. The number of benzene rings is 1. The van der Waals surface area contributed by atoms with Gasteiger partial charge in [-0.15, -0.1) is 0 Å². The number of carbonyl (C=O) groups is 1. The van der Waals surface area contributed by atoms with E-state index in [4.69, 9.17) is 4.74 Å². The lowest BCUT2D eigenvalue weighted by Crippen LogP contribution is -2.39. The van der Waals surface area contributed by atoms with Crippen molar-refractivity contribution in [2.24, 2.45) is 10.9 Å². The van der Waals surface area contributed by atoms with Gasteiger partial charge in [0.2, 0.25) is 0 Å². The minimum absolute atomic E-state index is 0.0317. The molecule has 1 aromatic rings. The van der Waals surface area contributed by atoms with E-state index >= 15 is 0 Å². The maximum atomic E-state index is 13.3. The lowest BCUT2D eigenvalue weighted by molar-refractivity contribution is -0.137. The molecule has 1 amide bonds. The van der Waals surface area contributed by atoms with E-state index in [0.717, 1.165) is 6.07 Å². The topological polar surface area (TPSA) is 50.7 Å². The van der Waals surface area contributed by atoms with Crippen molar-refractivity contribution < 1.29 is 22.7 Å². The fourth-order valence-corrected chi connectivity index (χ4v) is 2.38. The zero-order chi connectivity index (χ0) is 17.9. The average molecular weight is 342 g/mol. The van der Waals surface area contributed by atoms with Crippen molar-refractivity contribution in [2.45, 2.75) is 39.5 Å². The summed E-state index contributed by atoms with van der Waals surface area (Å²) in [4.78, 5) is 15.9. The molecule has 1 N–H and O–H groups in total. The van der Waals surface area contributed by atoms with Crippen LogP contribution in [0.1, 0.15) is 38.3 Å². The maximum absolute atomic E-state index is 13.3. The van der Waals surface area contributed by atoms with Gasteiger partial charge in [0.1, 0.15) is 5.75 Å². The molecule has 1 unspecified atom stereocenters. The Labute approximate surface area is 139 Å². The molecule has 24 heavy (non-hydrogen) atoms. The summed E-state index contributed by atoms with van der Waals surface area (Å²) in [6.07, 6.45) is -4.91. The Morgan fingerprint density at radius 3 is 2.54 bits per heavy atom. The Kier molecular flexibility index (Phi) is 5.51. The third-order valence-corrected chi connectivity index (χ3v) is 3.53. The zero-order valence-electron chi connectivity index (χ0n) is 13.9. The van der Waals surface area contributed by atoms with Crippen LogP contribution in [0.4, 0.5) is 13.2 Å². The quantitative estimate of drug-likeness (QED) is 0.825. The van der Waals surface area contributed by atoms with Gasteiger partial charge in [-0.25, -0.2) is 0 Å². The van der Waals surface area contributed by atoms with Gasteiger partial charge in [-0.05, 0) is 37.5 Å². The van der Waals surface area contributed by atoms with E-state index < -0.39 is 17.8 Å². The van der Waals surface area contributed by atoms with Gasteiger partial charge >= 0.3 is 6.18 Å². The number of hydrogen-bond acceptors (Lipinski definition) is 3. The molecule has 0 aliphatic carbocycles. The molecule has 1 aromatic carbocycles. The summed E-state index contributed by atoms with van der Waals surface area (Å²) in [7, 11) is 0. The zero-order valence-corrected chi connectivity index (χ0v) is 13.9. The molecule has 0 bridgehead atoms. The summed E-state index contributed by atoms with van der Waals surface area (Å²) >= 11 is 0. The van der Waals surface area contributed by atoms with Crippen LogP contribution in [0.5, 0.6) is 5.75 Å². The number of aliphatic imine (C=N–C) groups is 1. The molecule has 0 fully saturated rings. The Bertz CT molecular complexity index is 639. The fourth-order valence-electron chi connectivity index (χ4n) is 2.38. The number of alkyl halides is 3. The molecule has 0 aromatic heterocycles. The number of likely N-dealkylation sites (N-methyl/N-ethyl adjacent to an activating group) is 1. The first-order chi connectivity index (χ1) is 11.2. The number of amides is 1. The van der Waals surface area contributed by atoms with Crippen LogP contribution in [0.2, 0.25) is 0 Å². The van der Waals surface area contributed by atoms with E-state index in [1.54, 1.807) is 6.92 Å². The summed E-state index contributed by atoms with van der Waals surface area (Å²) in [6, 6.07) is 3.76. The SMILES string of the molecule is CCNC(=O)C(CC(C)C)Oc1ccc(C2=NC2)c(C(F)(F)F)c1. The first-order valence-electron chi connectivity index (χ1n) is 7.91. The molecule has 1 aliphatic heterocycles. The van der Waals surface area contributed by atoms with E-state index in [2.05, 4.69) is 10.3 Å². The molecule has 1 atom stereocenters. The number of nitrogens with one attached hydrogen (secondary N) is 1. The van der Waals surface area contributed by atoms with Crippen LogP contribution in [-0.2, 0) is 11.0 Å². The second kappa shape index (κ2) is 7.23. The lowest BCUT2D eigenvalue weighted by Gasteiger charge is -2.21. The highest BCUT2D eigenvalue weighted by molar-refractivity contribution is 6.11. The van der Waals surface area contributed by atoms with Crippen LogP contribution in [0.3, 0.4) is 0 Å². The monoisotopic (exact) mass is 342 g/mol. The van der Waals surface area contributed by atoms with Crippen LogP contribution in [0.25, 0.3) is 0 Å². The summed E-state index contributed by atoms with van der Waals surface area (Å²) in [5, 5.41) is 2.65. The summed E-state index contributed by atoms with van der Waals surface area (Å²) in [6.45, 7) is 6.38. The number of ether oxygens (including phenoxy) is 1. The Morgan fingerprint density at radius 2 is 2.04 bits per heavy atom. The van der Waals surface area contributed by atoms with E-state index in [9.17, 15) is 18.0 Å². The normalized spacial score (nSPS) is 15.0. The van der Waals surface area contributed by atoms with E-state index in [0.29, 0.717) is 25.2 Å². The number of carbonyl (C=O) groups excluding carboxylic acids is 1. The molecule has 1 aliphatic rings. The molecule has 4 nitrogen and oxygen atoms in total. The van der Waals surface area contributed by atoms with Gasteiger partial charge in [0, 0.05) is 12.1 Å². The molecule has 1 heterocycles. The van der Waals surface area contributed by atoms with Gasteiger partial charge in [-0.3, -0.25) is 9.79 Å². The smallest absolute Gasteiger partial charge is 0.417 e. The Balaban J connectivity index is 2.26. The van der Waals surface area contributed by atoms with Gasteiger partial charge in [-0.1, -0.05) is 13.8 Å². The Morgan fingerprint density at radius 1 is 1.38 bits per heavy atom. The largest absolute Gasteiger partial charge is 0.481 e. The number of halogens is 3. The van der Waals surface area contributed by atoms with Crippen LogP contribution < -0.4 is 10.1 Å². The van der Waals surface area contributed by atoms with Crippen molar-refractivity contribution in [3.8, 4) is 5.75 Å². The standard InChI is InChI=1S/C17H21F3N2O2/c1-4-21-16(23)15(7-10(2)3)24-11-5-6-12(14-9-22-14)13(8-11)17(18,19)20/h5-6,8,10,15H,4,7,9H2,1-3H3,(H,21,23). The number of rotatable bonds is 7. The minimum atomic E-state index is -4.50. The van der Waals surface area contributed by atoms with Crippen molar-refractivity contribution in [2.75, 3.05) is 13.1 Å². The molecule has 132 valence electrons. The highest BCUT2D eigenvalue weighted by atomic mass is 19.4. The number of nitrogens with zero attached hydrogens (tertiary/aromatic N) is 1. The van der Waals surface area contributed by atoms with Crippen molar-refractivity contribution in [3.63, 3.8) is 0 Å². The van der Waals surface area contributed by atoms with Crippen LogP contribution >= 0.6 is 0 Å². The first-order valence-corrected chi connectivity index (χ1v) is 7.91. The highest BCUT2D eigenvalue weighted by Crippen LogP contribution is 2.36. The molecular formula is C17H21F3N2O2. The summed E-state index contributed by atoms with van der Waals surface area (Å²) < 4.78 is 45.3. The first kappa shape index (κ1) is 18.3. The van der Waals surface area contributed by atoms with Crippen molar-refractivity contribution >= 4 is 11.6 Å². The van der Waals surface area contributed by atoms with Crippen molar-refractivity contribution in [3.05, 3.63) is 29.3 Å². The third kappa shape index (κ3) is 4.72. The van der Waals surface area contributed by atoms with Crippen LogP contribution in [-0.4, -0.2) is 30.8 Å². The average Bonchev–Trinajstić information content (AvgIpc) is 3.30. The van der Waals surface area contributed by atoms with Gasteiger partial charge in [0.15, 0.2) is 6.10 Å². The van der Waals surface area contributed by atoms with Crippen LogP contribution in [0, 0.1) is 5.92 Å². The van der Waals surface area contributed by atoms with Crippen molar-refractivity contribution in [1.82, 2.24) is 5.32 Å². The molecule has 2 rings (SSSR count). The molecule has 0 spiro atoms. The van der Waals surface area contributed by atoms with Gasteiger partial charge < -0.3 is 10.1 Å². The van der Waals surface area contributed by atoms with Gasteiger partial charge in [0.05, 0.1) is 17.8 Å². The van der Waals surface area contributed by atoms with E-state index in [1.165, 1.54) is 12.1 Å². The predicted molar refractivity (Wildman–Crippen MR) is 85.4 cm³/mol. The summed E-state index contributed by atoms with van der Waals surface area (Å²) in [5.41, 5.74) is -0.264. The number of hydrogen-bond donors (Lipinski definition) is 1. The van der Waals surface area contributed by atoms with E-state index in [-0.39, 0.29) is 23.1 Å². The Hall–Kier alpha value is -2.05. The summed E-state index contributed by atoms with van der Waals surface area (Å²) in [5.74, 6) is -0.126. The second-order valence-electron chi connectivity index (χ2n) is 6.10. The molecular weight excluding hydrogens is 321 g/mol. The highest BCUT2D eigenvalue weighted by Gasteiger charge is 2.36. The van der Waals surface area contributed by atoms with Gasteiger partial charge in [-0.2, -0.15) is 13.2 Å². The van der Waals surface area contributed by atoms with Crippen molar-refractivity contribution in [1.29, 1.82) is 0 Å². The molecule has 0 saturated heterocycles. The minimum Gasteiger partial charge on any atom is -0.481 e. The van der Waals surface area contributed by atoms with Gasteiger partial charge in [0.25, 0.3) is 5.91 Å². The predicted octanol–water partition coefficient (Wildman–Crippen LogP) is 3.44. The molecule has 0 saturated carbocycles. The lowest BCUT2D eigenvalue weighted by atomic mass is 10.0.